The minimum atomic E-state index is -0.662. The Morgan fingerprint density at radius 3 is 2.53 bits per heavy atom. The Hall–Kier alpha value is -1.18. The molecule has 32 heavy (non-hydrogen) atoms. The zero-order valence-electron chi connectivity index (χ0n) is 19.6. The number of rotatable bonds is 7. The molecule has 8 heteroatoms. The molecule has 1 atom stereocenters. The van der Waals surface area contributed by atoms with Crippen LogP contribution in [-0.2, 0) is 16.1 Å². The van der Waals surface area contributed by atoms with Gasteiger partial charge in [-0.05, 0) is 38.5 Å². The Balaban J connectivity index is 0.00000289. The van der Waals surface area contributed by atoms with Gasteiger partial charge in [-0.1, -0.05) is 45.4 Å². The molecule has 3 heterocycles. The molecule has 1 saturated carbocycles. The molecule has 2 amide bonds. The zero-order chi connectivity index (χ0) is 21.8. The molecule has 2 aliphatic heterocycles. The molecule has 1 aromatic heterocycles. The van der Waals surface area contributed by atoms with E-state index in [1.165, 1.54) is 37.0 Å². The monoisotopic (exact) mass is 482 g/mol. The highest BCUT2D eigenvalue weighted by Gasteiger charge is 2.53. The highest BCUT2D eigenvalue weighted by atomic mass is 35.5. The average Bonchev–Trinajstić information content (AvgIpc) is 3.19. The number of hydrogen-bond donors (Lipinski definition) is 1. The number of amides is 2. The third kappa shape index (κ3) is 5.48. The summed E-state index contributed by atoms with van der Waals surface area (Å²) in [6.45, 7) is 7.43. The summed E-state index contributed by atoms with van der Waals surface area (Å²) in [7, 11) is 0. The minimum absolute atomic E-state index is 0. The van der Waals surface area contributed by atoms with Gasteiger partial charge in [0.2, 0.25) is 11.8 Å². The van der Waals surface area contributed by atoms with Crippen molar-refractivity contribution in [2.24, 2.45) is 5.92 Å². The number of halogens is 1. The first-order chi connectivity index (χ1) is 15.0. The Labute approximate surface area is 202 Å². The minimum Gasteiger partial charge on any atom is -0.342 e. The number of likely N-dealkylation sites (tertiary alicyclic amines) is 1. The van der Waals surface area contributed by atoms with Crippen LogP contribution >= 0.6 is 23.7 Å². The van der Waals surface area contributed by atoms with Gasteiger partial charge in [-0.2, -0.15) is 0 Å². The van der Waals surface area contributed by atoms with Gasteiger partial charge in [0.15, 0.2) is 0 Å². The number of aromatic nitrogens is 1. The Morgan fingerprint density at radius 2 is 1.91 bits per heavy atom. The molecular formula is C24H39ClN4O2S. The van der Waals surface area contributed by atoms with Crippen LogP contribution in [0, 0.1) is 12.8 Å². The van der Waals surface area contributed by atoms with E-state index in [-0.39, 0.29) is 30.3 Å². The summed E-state index contributed by atoms with van der Waals surface area (Å²) >= 11 is 1.74. The van der Waals surface area contributed by atoms with Gasteiger partial charge in [-0.15, -0.1) is 23.7 Å². The van der Waals surface area contributed by atoms with Crippen LogP contribution in [0.3, 0.4) is 0 Å². The molecule has 0 radical (unpaired) electrons. The van der Waals surface area contributed by atoms with E-state index in [1.54, 1.807) is 11.3 Å². The topological polar surface area (TPSA) is 65.5 Å². The largest absolute Gasteiger partial charge is 0.342 e. The SMILES string of the molecule is CCCCN1C(=O)C(CC2CCCCC2)NC(=O)C12CCN(Cc1ncc(C)s1)CC2.Cl. The normalized spacial score (nSPS) is 24.4. The smallest absolute Gasteiger partial charge is 0.246 e. The number of hydrogen-bond acceptors (Lipinski definition) is 5. The van der Waals surface area contributed by atoms with Gasteiger partial charge in [-0.25, -0.2) is 4.98 Å². The van der Waals surface area contributed by atoms with E-state index < -0.39 is 5.54 Å². The maximum Gasteiger partial charge on any atom is 0.246 e. The number of nitrogens with one attached hydrogen (secondary N) is 1. The number of carbonyl (C=O) groups is 2. The van der Waals surface area contributed by atoms with Gasteiger partial charge in [0.1, 0.15) is 16.6 Å². The number of unbranched alkanes of at least 4 members (excludes halogenated alkanes) is 1. The standard InChI is InChI=1S/C24H38N4O2S.ClH/c1-3-4-12-28-22(29)20(15-19-8-6-5-7-9-19)26-23(30)24(28)10-13-27(14-11-24)17-21-25-16-18(2)31-21;/h16,19-20H,3-15,17H2,1-2H3,(H,26,30);1H. The lowest BCUT2D eigenvalue weighted by Crippen LogP contribution is -2.73. The van der Waals surface area contributed by atoms with Crippen molar-refractivity contribution >= 4 is 35.6 Å². The van der Waals surface area contributed by atoms with Crippen LogP contribution in [0.2, 0.25) is 0 Å². The average molecular weight is 483 g/mol. The van der Waals surface area contributed by atoms with E-state index in [4.69, 9.17) is 0 Å². The Morgan fingerprint density at radius 1 is 1.19 bits per heavy atom. The third-order valence-electron chi connectivity index (χ3n) is 7.55. The number of aryl methyl sites for hydroxylation is 1. The fourth-order valence-corrected chi connectivity index (χ4v) is 6.51. The van der Waals surface area contributed by atoms with Crippen molar-refractivity contribution < 1.29 is 9.59 Å². The van der Waals surface area contributed by atoms with Crippen molar-refractivity contribution in [3.63, 3.8) is 0 Å². The van der Waals surface area contributed by atoms with Crippen molar-refractivity contribution in [3.05, 3.63) is 16.1 Å². The van der Waals surface area contributed by atoms with Crippen molar-refractivity contribution in [1.82, 2.24) is 20.1 Å². The summed E-state index contributed by atoms with van der Waals surface area (Å²) in [5.74, 6) is 0.838. The molecule has 1 spiro atoms. The second-order valence-corrected chi connectivity index (χ2v) is 11.1. The lowest BCUT2D eigenvalue weighted by molar-refractivity contribution is -0.162. The second kappa shape index (κ2) is 11.3. The van der Waals surface area contributed by atoms with Gasteiger partial charge >= 0.3 is 0 Å². The third-order valence-corrected chi connectivity index (χ3v) is 8.45. The van der Waals surface area contributed by atoms with E-state index >= 15 is 0 Å². The van der Waals surface area contributed by atoms with Crippen LogP contribution in [0.25, 0.3) is 0 Å². The van der Waals surface area contributed by atoms with E-state index in [1.807, 2.05) is 11.1 Å². The molecule has 1 N–H and O–H groups in total. The van der Waals surface area contributed by atoms with E-state index in [0.29, 0.717) is 12.5 Å². The van der Waals surface area contributed by atoms with Crippen LogP contribution in [0.4, 0.5) is 0 Å². The molecule has 1 aliphatic carbocycles. The van der Waals surface area contributed by atoms with Crippen LogP contribution in [0.15, 0.2) is 6.20 Å². The summed E-state index contributed by atoms with van der Waals surface area (Å²) in [4.78, 5) is 37.2. The summed E-state index contributed by atoms with van der Waals surface area (Å²) in [6.07, 6.45) is 12.4. The molecule has 1 unspecified atom stereocenters. The Bertz CT molecular complexity index is 772. The maximum atomic E-state index is 13.6. The molecule has 4 rings (SSSR count). The zero-order valence-corrected chi connectivity index (χ0v) is 21.2. The fourth-order valence-electron chi connectivity index (χ4n) is 5.68. The van der Waals surface area contributed by atoms with Crippen LogP contribution < -0.4 is 5.32 Å². The number of carbonyl (C=O) groups excluding carboxylic acids is 2. The molecule has 0 aromatic carbocycles. The van der Waals surface area contributed by atoms with Crippen LogP contribution in [-0.4, -0.2) is 57.8 Å². The first-order valence-electron chi connectivity index (χ1n) is 12.3. The highest BCUT2D eigenvalue weighted by molar-refractivity contribution is 7.11. The summed E-state index contributed by atoms with van der Waals surface area (Å²) in [5, 5.41) is 4.32. The molecule has 3 fully saturated rings. The lowest BCUT2D eigenvalue weighted by atomic mass is 9.79. The van der Waals surface area contributed by atoms with E-state index in [9.17, 15) is 9.59 Å². The van der Waals surface area contributed by atoms with Crippen molar-refractivity contribution in [1.29, 1.82) is 0 Å². The predicted molar refractivity (Wildman–Crippen MR) is 131 cm³/mol. The number of piperidine rings is 1. The van der Waals surface area contributed by atoms with Crippen molar-refractivity contribution in [3.8, 4) is 0 Å². The van der Waals surface area contributed by atoms with Crippen molar-refractivity contribution in [2.75, 3.05) is 19.6 Å². The van der Waals surface area contributed by atoms with E-state index in [0.717, 1.165) is 56.7 Å². The molecule has 2 saturated heterocycles. The fraction of sp³-hybridized carbons (Fsp3) is 0.792. The van der Waals surface area contributed by atoms with Gasteiger partial charge in [0.05, 0.1) is 6.54 Å². The molecule has 1 aromatic rings. The maximum absolute atomic E-state index is 13.6. The second-order valence-electron chi connectivity index (χ2n) is 9.78. The summed E-state index contributed by atoms with van der Waals surface area (Å²) in [6, 6.07) is -0.325. The molecule has 6 nitrogen and oxygen atoms in total. The number of thiazole rings is 1. The van der Waals surface area contributed by atoms with Gasteiger partial charge < -0.3 is 10.2 Å². The predicted octanol–water partition coefficient (Wildman–Crippen LogP) is 4.31. The van der Waals surface area contributed by atoms with Gasteiger partial charge in [-0.3, -0.25) is 14.5 Å². The lowest BCUT2D eigenvalue weighted by Gasteiger charge is -2.52. The highest BCUT2D eigenvalue weighted by Crippen LogP contribution is 2.36. The molecular weight excluding hydrogens is 444 g/mol. The molecule has 0 bridgehead atoms. The molecule has 180 valence electrons. The quantitative estimate of drug-likeness (QED) is 0.629. The summed E-state index contributed by atoms with van der Waals surface area (Å²) < 4.78 is 0. The van der Waals surface area contributed by atoms with Crippen LogP contribution in [0.5, 0.6) is 0 Å². The van der Waals surface area contributed by atoms with Crippen molar-refractivity contribution in [2.45, 2.75) is 96.2 Å². The van der Waals surface area contributed by atoms with Gasteiger partial charge in [0.25, 0.3) is 0 Å². The van der Waals surface area contributed by atoms with E-state index in [2.05, 4.69) is 29.0 Å². The Kier molecular flexibility index (Phi) is 8.98. The van der Waals surface area contributed by atoms with Crippen LogP contribution in [0.1, 0.15) is 81.0 Å². The van der Waals surface area contributed by atoms with Gasteiger partial charge in [0, 0.05) is 30.7 Å². The molecule has 3 aliphatic rings. The first kappa shape index (κ1) is 25.4. The number of piperazine rings is 1. The summed E-state index contributed by atoms with van der Waals surface area (Å²) in [5.41, 5.74) is -0.662. The first-order valence-corrected chi connectivity index (χ1v) is 13.1. The number of nitrogens with zero attached hydrogens (tertiary/aromatic N) is 3.